The fourth-order valence-corrected chi connectivity index (χ4v) is 2.68. The summed E-state index contributed by atoms with van der Waals surface area (Å²) in [7, 11) is 0. The molecule has 0 aliphatic carbocycles. The lowest BCUT2D eigenvalue weighted by Gasteiger charge is -2.20. The molecular weight excluding hydrogens is 278 g/mol. The Morgan fingerprint density at radius 1 is 1.36 bits per heavy atom. The molecular formula is C17H21N3O2. The predicted octanol–water partition coefficient (Wildman–Crippen LogP) is 2.61. The number of ether oxygens (including phenoxy) is 1. The summed E-state index contributed by atoms with van der Waals surface area (Å²) in [5.74, 6) is 1.01. The molecule has 1 aromatic heterocycles. The van der Waals surface area contributed by atoms with E-state index in [0.717, 1.165) is 37.4 Å². The predicted molar refractivity (Wildman–Crippen MR) is 86.1 cm³/mol. The summed E-state index contributed by atoms with van der Waals surface area (Å²) in [6.07, 6.45) is 1.84. The van der Waals surface area contributed by atoms with Crippen molar-refractivity contribution in [1.29, 1.82) is 0 Å². The van der Waals surface area contributed by atoms with Gasteiger partial charge in [-0.05, 0) is 18.6 Å². The number of fused-ring (bicyclic) bond motifs is 1. The lowest BCUT2D eigenvalue weighted by molar-refractivity contribution is 0.266. The maximum Gasteiger partial charge on any atom is 0.213 e. The molecule has 1 aliphatic rings. The van der Waals surface area contributed by atoms with E-state index in [1.54, 1.807) is 6.07 Å². The van der Waals surface area contributed by atoms with E-state index in [-0.39, 0.29) is 0 Å². The van der Waals surface area contributed by atoms with Gasteiger partial charge < -0.3 is 15.2 Å². The maximum atomic E-state index is 9.95. The molecule has 2 heterocycles. The Morgan fingerprint density at radius 3 is 3.05 bits per heavy atom. The van der Waals surface area contributed by atoms with E-state index in [1.807, 2.05) is 37.4 Å². The van der Waals surface area contributed by atoms with Gasteiger partial charge in [0.2, 0.25) is 5.88 Å². The van der Waals surface area contributed by atoms with Crippen LogP contribution >= 0.6 is 0 Å². The first-order valence-electron chi connectivity index (χ1n) is 7.61. The highest BCUT2D eigenvalue weighted by molar-refractivity contribution is 5.51. The number of phenols is 1. The molecule has 2 aromatic rings. The fraction of sp³-hybridized carbons (Fsp3) is 0.353. The van der Waals surface area contributed by atoms with Gasteiger partial charge in [0.1, 0.15) is 5.75 Å². The zero-order valence-corrected chi connectivity index (χ0v) is 12.7. The number of hydrogen-bond donors (Lipinski definition) is 2. The first-order chi connectivity index (χ1) is 10.8. The molecule has 116 valence electrons. The van der Waals surface area contributed by atoms with Gasteiger partial charge in [0.25, 0.3) is 0 Å². The molecule has 3 rings (SSSR count). The fourth-order valence-electron chi connectivity index (χ4n) is 2.68. The highest BCUT2D eigenvalue weighted by atomic mass is 16.5. The summed E-state index contributed by atoms with van der Waals surface area (Å²) in [4.78, 5) is 6.61. The summed E-state index contributed by atoms with van der Waals surface area (Å²) >= 11 is 0. The Morgan fingerprint density at radius 2 is 2.23 bits per heavy atom. The van der Waals surface area contributed by atoms with Gasteiger partial charge in [0.15, 0.2) is 0 Å². The monoisotopic (exact) mass is 299 g/mol. The van der Waals surface area contributed by atoms with Crippen molar-refractivity contribution in [2.45, 2.75) is 20.0 Å². The van der Waals surface area contributed by atoms with Crippen LogP contribution in [0.15, 0.2) is 36.5 Å². The third-order valence-electron chi connectivity index (χ3n) is 3.78. The van der Waals surface area contributed by atoms with Crippen LogP contribution in [-0.4, -0.2) is 34.7 Å². The van der Waals surface area contributed by atoms with Crippen molar-refractivity contribution in [3.05, 3.63) is 47.7 Å². The Balaban J connectivity index is 1.78. The number of pyridine rings is 1. The van der Waals surface area contributed by atoms with Crippen LogP contribution in [0.1, 0.15) is 18.1 Å². The van der Waals surface area contributed by atoms with Crippen LogP contribution < -0.4 is 10.1 Å². The molecule has 22 heavy (non-hydrogen) atoms. The Kier molecular flexibility index (Phi) is 4.44. The lowest BCUT2D eigenvalue weighted by atomic mass is 10.1. The van der Waals surface area contributed by atoms with Crippen molar-refractivity contribution >= 4 is 5.69 Å². The van der Waals surface area contributed by atoms with Crippen LogP contribution in [-0.2, 0) is 13.1 Å². The van der Waals surface area contributed by atoms with Gasteiger partial charge >= 0.3 is 0 Å². The number of para-hydroxylation sites is 1. The molecule has 0 unspecified atom stereocenters. The zero-order chi connectivity index (χ0) is 15.4. The number of nitrogens with zero attached hydrogens (tertiary/aromatic N) is 2. The maximum absolute atomic E-state index is 9.95. The molecule has 0 fully saturated rings. The molecule has 5 heteroatoms. The standard InChI is InChI=1S/C17H21N3O2/c1-2-22-17-9-14-12-20(8-7-18-15(14)10-19-17)11-13-5-3-4-6-16(13)21/h3-6,9-10,18,21H,2,7-8,11-12H2,1H3. The van der Waals surface area contributed by atoms with E-state index < -0.39 is 0 Å². The number of hydrogen-bond acceptors (Lipinski definition) is 5. The Bertz CT molecular complexity index is 646. The van der Waals surface area contributed by atoms with Gasteiger partial charge in [-0.1, -0.05) is 18.2 Å². The molecule has 0 saturated heterocycles. The van der Waals surface area contributed by atoms with Crippen molar-refractivity contribution in [3.8, 4) is 11.6 Å². The van der Waals surface area contributed by atoms with Crippen LogP contribution in [0.2, 0.25) is 0 Å². The average molecular weight is 299 g/mol. The minimum Gasteiger partial charge on any atom is -0.508 e. The summed E-state index contributed by atoms with van der Waals surface area (Å²) in [6, 6.07) is 9.49. The van der Waals surface area contributed by atoms with Crippen LogP contribution in [0.5, 0.6) is 11.6 Å². The van der Waals surface area contributed by atoms with E-state index in [2.05, 4.69) is 15.2 Å². The summed E-state index contributed by atoms with van der Waals surface area (Å²) in [5, 5.41) is 13.4. The smallest absolute Gasteiger partial charge is 0.213 e. The van der Waals surface area contributed by atoms with E-state index in [1.165, 1.54) is 5.56 Å². The van der Waals surface area contributed by atoms with Crippen LogP contribution in [0, 0.1) is 0 Å². The minimum absolute atomic E-state index is 0.352. The minimum atomic E-state index is 0.352. The van der Waals surface area contributed by atoms with E-state index in [9.17, 15) is 5.11 Å². The molecule has 1 aliphatic heterocycles. The largest absolute Gasteiger partial charge is 0.508 e. The highest BCUT2D eigenvalue weighted by Crippen LogP contribution is 2.25. The van der Waals surface area contributed by atoms with E-state index >= 15 is 0 Å². The van der Waals surface area contributed by atoms with Crippen molar-refractivity contribution < 1.29 is 9.84 Å². The molecule has 0 radical (unpaired) electrons. The average Bonchev–Trinajstić information content (AvgIpc) is 2.71. The topological polar surface area (TPSA) is 57.6 Å². The molecule has 2 N–H and O–H groups in total. The van der Waals surface area contributed by atoms with Crippen molar-refractivity contribution in [3.63, 3.8) is 0 Å². The SMILES string of the molecule is CCOc1cc2c(cn1)NCCN(Cc1ccccc1O)C2. The van der Waals surface area contributed by atoms with Crippen LogP contribution in [0.3, 0.4) is 0 Å². The number of phenolic OH excluding ortho intramolecular Hbond substituents is 1. The van der Waals surface area contributed by atoms with Crippen LogP contribution in [0.25, 0.3) is 0 Å². The molecule has 0 atom stereocenters. The number of nitrogens with one attached hydrogen (secondary N) is 1. The summed E-state index contributed by atoms with van der Waals surface area (Å²) in [6.45, 7) is 5.86. The zero-order valence-electron chi connectivity index (χ0n) is 12.7. The number of anilines is 1. The van der Waals surface area contributed by atoms with Crippen LogP contribution in [0.4, 0.5) is 5.69 Å². The lowest BCUT2D eigenvalue weighted by Crippen LogP contribution is -2.25. The van der Waals surface area contributed by atoms with E-state index in [4.69, 9.17) is 4.74 Å². The number of aromatic hydroxyl groups is 1. The molecule has 0 bridgehead atoms. The second-order valence-corrected chi connectivity index (χ2v) is 5.38. The third kappa shape index (κ3) is 3.31. The van der Waals surface area contributed by atoms with Crippen molar-refractivity contribution in [2.24, 2.45) is 0 Å². The van der Waals surface area contributed by atoms with Gasteiger partial charge in [0, 0.05) is 37.8 Å². The number of benzene rings is 1. The second kappa shape index (κ2) is 6.66. The molecule has 1 aromatic carbocycles. The Labute approximate surface area is 130 Å². The van der Waals surface area contributed by atoms with E-state index in [0.29, 0.717) is 18.2 Å². The molecule has 0 amide bonds. The molecule has 0 spiro atoms. The summed E-state index contributed by atoms with van der Waals surface area (Å²) < 4.78 is 5.49. The Hall–Kier alpha value is -2.27. The number of aromatic nitrogens is 1. The normalized spacial score (nSPS) is 14.8. The van der Waals surface area contributed by atoms with Gasteiger partial charge in [-0.25, -0.2) is 4.98 Å². The highest BCUT2D eigenvalue weighted by Gasteiger charge is 2.16. The van der Waals surface area contributed by atoms with Gasteiger partial charge in [-0.2, -0.15) is 0 Å². The molecule has 5 nitrogen and oxygen atoms in total. The van der Waals surface area contributed by atoms with Crippen molar-refractivity contribution in [2.75, 3.05) is 25.0 Å². The van der Waals surface area contributed by atoms with Gasteiger partial charge in [0.05, 0.1) is 18.5 Å². The quantitative estimate of drug-likeness (QED) is 0.909. The first-order valence-corrected chi connectivity index (χ1v) is 7.61. The summed E-state index contributed by atoms with van der Waals surface area (Å²) in [5.41, 5.74) is 3.18. The van der Waals surface area contributed by atoms with Gasteiger partial charge in [-0.3, -0.25) is 4.90 Å². The first kappa shape index (κ1) is 14.7. The number of rotatable bonds is 4. The van der Waals surface area contributed by atoms with Gasteiger partial charge in [-0.15, -0.1) is 0 Å². The third-order valence-corrected chi connectivity index (χ3v) is 3.78. The molecule has 0 saturated carbocycles. The second-order valence-electron chi connectivity index (χ2n) is 5.38. The van der Waals surface area contributed by atoms with Crippen molar-refractivity contribution in [1.82, 2.24) is 9.88 Å².